The number of rotatable bonds is 5. The van der Waals surface area contributed by atoms with Crippen LogP contribution in [0.3, 0.4) is 0 Å². The lowest BCUT2D eigenvalue weighted by molar-refractivity contribution is -0.277. The van der Waals surface area contributed by atoms with Crippen LogP contribution < -0.4 is 4.90 Å². The number of hydrogen-bond donors (Lipinski definition) is 2. The zero-order chi connectivity index (χ0) is 24.1. The number of piperazine rings is 1. The van der Waals surface area contributed by atoms with E-state index in [-0.39, 0.29) is 32.2 Å². The second-order valence-electron chi connectivity index (χ2n) is 7.38. The average Bonchev–Trinajstić information content (AvgIpc) is 2.82. The molecule has 1 aliphatic heterocycles. The first-order valence-corrected chi connectivity index (χ1v) is 10.1. The smallest absolute Gasteiger partial charge is 0.423 e. The van der Waals surface area contributed by atoms with Gasteiger partial charge in [0.1, 0.15) is 12.6 Å². The standard InChI is InChI=1S/C22H23F3N4O4/c1-2-6-18-13-28(20(31)33-14-16-7-4-3-5-8-16)9-10-29(18)19-26-11-17(12-27-19)21(32,15-30)22(23,24)25/h3-5,7-8,11-12,18,30,32H,9-10,13-15H2,1H3. The second kappa shape index (κ2) is 10.1. The van der Waals surface area contributed by atoms with Crippen LogP contribution in [0.2, 0.25) is 0 Å². The van der Waals surface area contributed by atoms with E-state index in [2.05, 4.69) is 21.8 Å². The number of carbonyl (C=O) groups excluding carboxylic acids is 1. The van der Waals surface area contributed by atoms with Crippen LogP contribution in [0.15, 0.2) is 42.7 Å². The third-order valence-corrected chi connectivity index (χ3v) is 5.23. The molecule has 1 aromatic carbocycles. The molecule has 1 fully saturated rings. The summed E-state index contributed by atoms with van der Waals surface area (Å²) in [5.74, 6) is 5.81. The first-order chi connectivity index (χ1) is 15.7. The molecule has 1 saturated heterocycles. The summed E-state index contributed by atoms with van der Waals surface area (Å²) < 4.78 is 44.8. The van der Waals surface area contributed by atoms with Gasteiger partial charge in [-0.3, -0.25) is 0 Å². The van der Waals surface area contributed by atoms with Crippen molar-refractivity contribution in [2.24, 2.45) is 0 Å². The fourth-order valence-corrected chi connectivity index (χ4v) is 3.32. The van der Waals surface area contributed by atoms with Crippen LogP contribution in [0.4, 0.5) is 23.9 Å². The monoisotopic (exact) mass is 464 g/mol. The van der Waals surface area contributed by atoms with Crippen LogP contribution in [0.25, 0.3) is 0 Å². The van der Waals surface area contributed by atoms with Gasteiger partial charge in [0.2, 0.25) is 11.5 Å². The first kappa shape index (κ1) is 24.3. The number of nitrogens with zero attached hydrogens (tertiary/aromatic N) is 4. The van der Waals surface area contributed by atoms with Gasteiger partial charge < -0.3 is 24.7 Å². The summed E-state index contributed by atoms with van der Waals surface area (Å²) >= 11 is 0. The number of amides is 1. The van der Waals surface area contributed by atoms with Crippen molar-refractivity contribution in [2.75, 3.05) is 31.1 Å². The summed E-state index contributed by atoms with van der Waals surface area (Å²) in [5.41, 5.74) is -3.29. The van der Waals surface area contributed by atoms with Crippen molar-refractivity contribution >= 4 is 12.0 Å². The van der Waals surface area contributed by atoms with E-state index in [1.54, 1.807) is 11.8 Å². The lowest BCUT2D eigenvalue weighted by Crippen LogP contribution is -2.55. The third-order valence-electron chi connectivity index (χ3n) is 5.23. The quantitative estimate of drug-likeness (QED) is 0.654. The fourth-order valence-electron chi connectivity index (χ4n) is 3.32. The van der Waals surface area contributed by atoms with Crippen molar-refractivity contribution in [3.8, 4) is 11.8 Å². The van der Waals surface area contributed by atoms with Gasteiger partial charge in [0, 0.05) is 31.0 Å². The molecular formula is C22H23F3N4O4. The van der Waals surface area contributed by atoms with Crippen LogP contribution in [-0.2, 0) is 16.9 Å². The Kier molecular flexibility index (Phi) is 7.40. The van der Waals surface area contributed by atoms with Gasteiger partial charge >= 0.3 is 12.3 Å². The fraction of sp³-hybridized carbons (Fsp3) is 0.409. The van der Waals surface area contributed by atoms with Gasteiger partial charge in [-0.25, -0.2) is 14.8 Å². The number of aliphatic hydroxyl groups is 2. The molecule has 176 valence electrons. The van der Waals surface area contributed by atoms with Crippen molar-refractivity contribution in [1.82, 2.24) is 14.9 Å². The molecule has 2 unspecified atom stereocenters. The van der Waals surface area contributed by atoms with E-state index < -0.39 is 36.1 Å². The molecule has 33 heavy (non-hydrogen) atoms. The number of benzene rings is 1. The zero-order valence-corrected chi connectivity index (χ0v) is 17.8. The van der Waals surface area contributed by atoms with Crippen LogP contribution in [0.5, 0.6) is 0 Å². The molecule has 2 atom stereocenters. The predicted molar refractivity (Wildman–Crippen MR) is 112 cm³/mol. The minimum Gasteiger partial charge on any atom is -0.445 e. The lowest BCUT2D eigenvalue weighted by Gasteiger charge is -2.38. The Morgan fingerprint density at radius 3 is 2.45 bits per heavy atom. The Hall–Kier alpha value is -3.36. The molecule has 8 nitrogen and oxygen atoms in total. The minimum absolute atomic E-state index is 0.0891. The summed E-state index contributed by atoms with van der Waals surface area (Å²) in [4.78, 5) is 23.5. The number of aromatic nitrogens is 2. The van der Waals surface area contributed by atoms with Crippen molar-refractivity contribution in [3.05, 3.63) is 53.9 Å². The summed E-state index contributed by atoms with van der Waals surface area (Å²) in [5, 5.41) is 18.9. The molecule has 0 bridgehead atoms. The number of anilines is 1. The molecule has 3 rings (SSSR count). The minimum atomic E-state index is -5.10. The summed E-state index contributed by atoms with van der Waals surface area (Å²) in [6, 6.07) is 8.72. The maximum atomic E-state index is 13.2. The van der Waals surface area contributed by atoms with Crippen molar-refractivity contribution in [3.63, 3.8) is 0 Å². The highest BCUT2D eigenvalue weighted by molar-refractivity contribution is 5.68. The van der Waals surface area contributed by atoms with Crippen molar-refractivity contribution < 1.29 is 32.9 Å². The highest BCUT2D eigenvalue weighted by Crippen LogP contribution is 2.38. The van der Waals surface area contributed by atoms with Gasteiger partial charge in [0.15, 0.2) is 0 Å². The number of alkyl halides is 3. The number of aliphatic hydroxyl groups excluding tert-OH is 1. The highest BCUT2D eigenvalue weighted by Gasteiger charge is 2.55. The molecule has 0 radical (unpaired) electrons. The SMILES string of the molecule is CC#CC1CN(C(=O)OCc2ccccc2)CCN1c1ncc(C(O)(CO)C(F)(F)F)cn1. The Balaban J connectivity index is 1.70. The number of halogens is 3. The van der Waals surface area contributed by atoms with E-state index in [0.29, 0.717) is 0 Å². The molecule has 0 saturated carbocycles. The van der Waals surface area contributed by atoms with E-state index >= 15 is 0 Å². The molecule has 1 aromatic heterocycles. The number of hydrogen-bond acceptors (Lipinski definition) is 7. The maximum Gasteiger partial charge on any atom is 0.423 e. The first-order valence-electron chi connectivity index (χ1n) is 10.1. The van der Waals surface area contributed by atoms with E-state index in [1.165, 1.54) is 4.90 Å². The van der Waals surface area contributed by atoms with Gasteiger partial charge in [-0.15, -0.1) is 5.92 Å². The van der Waals surface area contributed by atoms with Gasteiger partial charge in [-0.2, -0.15) is 13.2 Å². The topological polar surface area (TPSA) is 99.0 Å². The molecule has 0 aliphatic carbocycles. The van der Waals surface area contributed by atoms with Gasteiger partial charge in [-0.05, 0) is 12.5 Å². The highest BCUT2D eigenvalue weighted by atomic mass is 19.4. The second-order valence-corrected chi connectivity index (χ2v) is 7.38. The molecule has 1 aliphatic rings. The molecule has 11 heteroatoms. The van der Waals surface area contributed by atoms with Crippen LogP contribution in [0.1, 0.15) is 18.1 Å². The van der Waals surface area contributed by atoms with E-state index in [0.717, 1.165) is 18.0 Å². The Labute approximate surface area is 188 Å². The van der Waals surface area contributed by atoms with Crippen LogP contribution in [0, 0.1) is 11.8 Å². The van der Waals surface area contributed by atoms with Crippen LogP contribution in [-0.4, -0.2) is 69.6 Å². The third kappa shape index (κ3) is 5.35. The molecule has 1 amide bonds. The summed E-state index contributed by atoms with van der Waals surface area (Å²) in [6.07, 6.45) is -3.96. The normalized spacial score (nSPS) is 18.2. The van der Waals surface area contributed by atoms with Crippen molar-refractivity contribution in [1.29, 1.82) is 0 Å². The largest absolute Gasteiger partial charge is 0.445 e. The Morgan fingerprint density at radius 2 is 1.88 bits per heavy atom. The van der Waals surface area contributed by atoms with Crippen LogP contribution >= 0.6 is 0 Å². The molecule has 2 aromatic rings. The predicted octanol–water partition coefficient (Wildman–Crippen LogP) is 2.07. The molecule has 2 N–H and O–H groups in total. The lowest BCUT2D eigenvalue weighted by atomic mass is 9.97. The summed E-state index contributed by atoms with van der Waals surface area (Å²) in [7, 11) is 0. The molecular weight excluding hydrogens is 441 g/mol. The zero-order valence-electron chi connectivity index (χ0n) is 17.8. The van der Waals surface area contributed by atoms with Gasteiger partial charge in [0.05, 0.1) is 13.2 Å². The molecule has 0 spiro atoms. The number of ether oxygens (including phenoxy) is 1. The van der Waals surface area contributed by atoms with Crippen molar-refractivity contribution in [2.45, 2.75) is 31.3 Å². The van der Waals surface area contributed by atoms with E-state index in [1.807, 2.05) is 30.3 Å². The average molecular weight is 464 g/mol. The maximum absolute atomic E-state index is 13.2. The Bertz CT molecular complexity index is 1010. The van der Waals surface area contributed by atoms with Gasteiger partial charge in [0.25, 0.3) is 0 Å². The molecule has 2 heterocycles. The van der Waals surface area contributed by atoms with E-state index in [4.69, 9.17) is 9.84 Å². The van der Waals surface area contributed by atoms with E-state index in [9.17, 15) is 23.1 Å². The number of carbonyl (C=O) groups is 1. The summed E-state index contributed by atoms with van der Waals surface area (Å²) in [6.45, 7) is 0.906. The Morgan fingerprint density at radius 1 is 1.21 bits per heavy atom. The van der Waals surface area contributed by atoms with Gasteiger partial charge in [-0.1, -0.05) is 36.3 Å².